The summed E-state index contributed by atoms with van der Waals surface area (Å²) < 4.78 is 15.2. The Morgan fingerprint density at radius 1 is 1.42 bits per heavy atom. The first kappa shape index (κ1) is 18.5. The first-order valence-electron chi connectivity index (χ1n) is 8.05. The Hall–Kier alpha value is -2.25. The zero-order valence-corrected chi connectivity index (χ0v) is 15.9. The van der Waals surface area contributed by atoms with Crippen molar-refractivity contribution in [3.63, 3.8) is 0 Å². The zero-order valence-electron chi connectivity index (χ0n) is 14.3. The molecule has 0 atom stereocenters. The number of carbonyl (C=O) groups is 1. The number of likely N-dealkylation sites (N-methyl/N-ethyl adjacent to an activating group) is 1. The molecule has 136 valence electrons. The summed E-state index contributed by atoms with van der Waals surface area (Å²) in [6, 6.07) is 6.19. The highest BCUT2D eigenvalue weighted by Gasteiger charge is 2.16. The van der Waals surface area contributed by atoms with Gasteiger partial charge in [0.1, 0.15) is 17.2 Å². The predicted octanol–water partition coefficient (Wildman–Crippen LogP) is 3.47. The molecule has 1 aromatic carbocycles. The van der Waals surface area contributed by atoms with E-state index in [0.717, 1.165) is 11.3 Å². The SMILES string of the molecule is CCc1cc2c(=O)n(CC(=O)N(C)Cc3c(F)cccc3Cl)cnc2s1. The number of benzene rings is 1. The summed E-state index contributed by atoms with van der Waals surface area (Å²) in [5.74, 6) is -0.804. The van der Waals surface area contributed by atoms with Gasteiger partial charge in [-0.25, -0.2) is 9.37 Å². The maximum absolute atomic E-state index is 13.9. The normalized spacial score (nSPS) is 11.1. The molecule has 1 amide bonds. The molecular weight excluding hydrogens is 377 g/mol. The Morgan fingerprint density at radius 3 is 2.88 bits per heavy atom. The zero-order chi connectivity index (χ0) is 18.8. The minimum absolute atomic E-state index is 0.0210. The van der Waals surface area contributed by atoms with Gasteiger partial charge in [0.05, 0.1) is 11.7 Å². The average Bonchev–Trinajstić information content (AvgIpc) is 3.04. The molecule has 0 spiro atoms. The molecule has 3 rings (SSSR count). The average molecular weight is 394 g/mol. The van der Waals surface area contributed by atoms with E-state index in [1.165, 1.54) is 39.3 Å². The second-order valence-corrected chi connectivity index (χ2v) is 7.44. The van der Waals surface area contributed by atoms with Gasteiger partial charge in [0.25, 0.3) is 5.56 Å². The van der Waals surface area contributed by atoms with Crippen molar-refractivity contribution in [2.75, 3.05) is 7.05 Å². The molecule has 0 aliphatic heterocycles. The monoisotopic (exact) mass is 393 g/mol. The molecule has 5 nitrogen and oxygen atoms in total. The topological polar surface area (TPSA) is 55.2 Å². The van der Waals surface area contributed by atoms with E-state index < -0.39 is 5.82 Å². The summed E-state index contributed by atoms with van der Waals surface area (Å²) in [5, 5.41) is 0.775. The van der Waals surface area contributed by atoms with Crippen LogP contribution in [0.1, 0.15) is 17.4 Å². The first-order chi connectivity index (χ1) is 12.4. The van der Waals surface area contributed by atoms with Crippen LogP contribution >= 0.6 is 22.9 Å². The van der Waals surface area contributed by atoms with Crippen molar-refractivity contribution in [1.82, 2.24) is 14.5 Å². The lowest BCUT2D eigenvalue weighted by molar-refractivity contribution is -0.131. The van der Waals surface area contributed by atoms with E-state index in [2.05, 4.69) is 4.98 Å². The van der Waals surface area contributed by atoms with Gasteiger partial charge in [0.2, 0.25) is 5.91 Å². The van der Waals surface area contributed by atoms with Crippen molar-refractivity contribution in [2.45, 2.75) is 26.4 Å². The number of fused-ring (bicyclic) bond motifs is 1. The molecular formula is C18H17ClFN3O2S. The number of nitrogens with zero attached hydrogens (tertiary/aromatic N) is 3. The van der Waals surface area contributed by atoms with Crippen LogP contribution in [-0.4, -0.2) is 27.4 Å². The lowest BCUT2D eigenvalue weighted by atomic mass is 10.2. The molecule has 26 heavy (non-hydrogen) atoms. The van der Waals surface area contributed by atoms with E-state index >= 15 is 0 Å². The van der Waals surface area contributed by atoms with E-state index in [0.29, 0.717) is 10.2 Å². The molecule has 0 saturated carbocycles. The number of halogens is 2. The Kier molecular flexibility index (Phi) is 5.38. The van der Waals surface area contributed by atoms with Gasteiger partial charge in [-0.3, -0.25) is 14.2 Å². The van der Waals surface area contributed by atoms with Crippen molar-refractivity contribution in [2.24, 2.45) is 0 Å². The van der Waals surface area contributed by atoms with Gasteiger partial charge < -0.3 is 4.90 Å². The fourth-order valence-electron chi connectivity index (χ4n) is 2.57. The molecule has 0 bridgehead atoms. The Labute approximate surface area is 158 Å². The molecule has 0 unspecified atom stereocenters. The number of rotatable bonds is 5. The Bertz CT molecular complexity index is 1010. The van der Waals surface area contributed by atoms with Crippen LogP contribution in [0.25, 0.3) is 10.2 Å². The summed E-state index contributed by atoms with van der Waals surface area (Å²) >= 11 is 7.48. The standard InChI is InChI=1S/C18H17ClFN3O2S/c1-3-11-7-12-17(26-11)21-10-23(18(12)25)9-16(24)22(2)8-13-14(19)5-4-6-15(13)20/h4-7,10H,3,8-9H2,1-2H3. The van der Waals surface area contributed by atoms with Crippen LogP contribution in [0, 0.1) is 5.82 Å². The molecule has 0 aliphatic carbocycles. The van der Waals surface area contributed by atoms with Crippen LogP contribution in [0.5, 0.6) is 0 Å². The van der Waals surface area contributed by atoms with Crippen molar-refractivity contribution in [3.8, 4) is 0 Å². The lowest BCUT2D eigenvalue weighted by Crippen LogP contribution is -2.33. The van der Waals surface area contributed by atoms with Gasteiger partial charge >= 0.3 is 0 Å². The third-order valence-corrected chi connectivity index (χ3v) is 5.65. The molecule has 2 aromatic heterocycles. The van der Waals surface area contributed by atoms with Gasteiger partial charge in [0.15, 0.2) is 0 Å². The maximum atomic E-state index is 13.9. The Balaban J connectivity index is 1.80. The van der Waals surface area contributed by atoms with Gasteiger partial charge in [-0.1, -0.05) is 24.6 Å². The highest BCUT2D eigenvalue weighted by atomic mass is 35.5. The van der Waals surface area contributed by atoms with Crippen LogP contribution < -0.4 is 5.56 Å². The van der Waals surface area contributed by atoms with Gasteiger partial charge in [-0.05, 0) is 24.6 Å². The highest BCUT2D eigenvalue weighted by Crippen LogP contribution is 2.22. The molecule has 0 aliphatic rings. The lowest BCUT2D eigenvalue weighted by Gasteiger charge is -2.19. The van der Waals surface area contributed by atoms with Crippen LogP contribution in [0.3, 0.4) is 0 Å². The maximum Gasteiger partial charge on any atom is 0.262 e. The summed E-state index contributed by atoms with van der Waals surface area (Å²) in [5.41, 5.74) is -0.00649. The third kappa shape index (κ3) is 3.64. The van der Waals surface area contributed by atoms with Gasteiger partial charge in [-0.2, -0.15) is 0 Å². The van der Waals surface area contributed by atoms with Crippen molar-refractivity contribution >= 4 is 39.1 Å². The fraction of sp³-hybridized carbons (Fsp3) is 0.278. The summed E-state index contributed by atoms with van der Waals surface area (Å²) in [7, 11) is 1.54. The van der Waals surface area contributed by atoms with Crippen LogP contribution in [0.4, 0.5) is 4.39 Å². The number of amides is 1. The second kappa shape index (κ2) is 7.55. The molecule has 0 saturated heterocycles. The third-order valence-electron chi connectivity index (χ3n) is 4.11. The smallest absolute Gasteiger partial charge is 0.262 e. The fourth-order valence-corrected chi connectivity index (χ4v) is 3.72. The molecule has 2 heterocycles. The van der Waals surface area contributed by atoms with E-state index in [4.69, 9.17) is 11.6 Å². The van der Waals surface area contributed by atoms with E-state index in [-0.39, 0.29) is 35.1 Å². The number of hydrogen-bond donors (Lipinski definition) is 0. The summed E-state index contributed by atoms with van der Waals surface area (Å²) in [6.07, 6.45) is 2.20. The van der Waals surface area contributed by atoms with Gasteiger partial charge in [0, 0.05) is 29.1 Å². The largest absolute Gasteiger partial charge is 0.340 e. The highest BCUT2D eigenvalue weighted by molar-refractivity contribution is 7.18. The minimum Gasteiger partial charge on any atom is -0.340 e. The summed E-state index contributed by atoms with van der Waals surface area (Å²) in [4.78, 5) is 32.4. The quantitative estimate of drug-likeness (QED) is 0.667. The predicted molar refractivity (Wildman–Crippen MR) is 101 cm³/mol. The number of hydrogen-bond acceptors (Lipinski definition) is 4. The van der Waals surface area contributed by atoms with Crippen LogP contribution in [-0.2, 0) is 24.3 Å². The van der Waals surface area contributed by atoms with Crippen LogP contribution in [0.15, 0.2) is 35.4 Å². The molecule has 0 radical (unpaired) electrons. The Morgan fingerprint density at radius 2 is 2.19 bits per heavy atom. The molecule has 0 N–H and O–H groups in total. The first-order valence-corrected chi connectivity index (χ1v) is 9.24. The number of thiophene rings is 1. The summed E-state index contributed by atoms with van der Waals surface area (Å²) in [6.45, 7) is 1.87. The van der Waals surface area contributed by atoms with E-state index in [9.17, 15) is 14.0 Å². The number of carbonyl (C=O) groups excluding carboxylic acids is 1. The molecule has 3 aromatic rings. The van der Waals surface area contributed by atoms with Crippen molar-refractivity contribution in [3.05, 3.63) is 62.2 Å². The van der Waals surface area contributed by atoms with Gasteiger partial charge in [-0.15, -0.1) is 11.3 Å². The molecule has 0 fully saturated rings. The van der Waals surface area contributed by atoms with Crippen molar-refractivity contribution in [1.29, 1.82) is 0 Å². The second-order valence-electron chi connectivity index (χ2n) is 5.91. The molecule has 8 heteroatoms. The minimum atomic E-state index is -0.470. The van der Waals surface area contributed by atoms with Crippen molar-refractivity contribution < 1.29 is 9.18 Å². The number of aryl methyl sites for hydroxylation is 1. The number of aromatic nitrogens is 2. The van der Waals surface area contributed by atoms with E-state index in [1.807, 2.05) is 13.0 Å². The van der Waals surface area contributed by atoms with E-state index in [1.54, 1.807) is 13.1 Å². The van der Waals surface area contributed by atoms with Crippen LogP contribution in [0.2, 0.25) is 5.02 Å².